The first-order chi connectivity index (χ1) is 6.06. The molecule has 0 heterocycles. The Morgan fingerprint density at radius 2 is 1.85 bits per heavy atom. The van der Waals surface area contributed by atoms with Gasteiger partial charge >= 0.3 is 0 Å². The molecule has 0 saturated heterocycles. The number of halogens is 3. The van der Waals surface area contributed by atoms with Gasteiger partial charge in [-0.3, -0.25) is 10.0 Å². The largest absolute Gasteiger partial charge is 0.288 e. The van der Waals surface area contributed by atoms with E-state index in [0.717, 1.165) is 0 Å². The van der Waals surface area contributed by atoms with Crippen LogP contribution in [0.3, 0.4) is 0 Å². The molecule has 1 rings (SSSR count). The van der Waals surface area contributed by atoms with E-state index in [1.54, 1.807) is 0 Å². The van der Waals surface area contributed by atoms with Crippen LogP contribution < -0.4 is 5.48 Å². The van der Waals surface area contributed by atoms with Crippen molar-refractivity contribution in [3.05, 3.63) is 32.2 Å². The van der Waals surface area contributed by atoms with Crippen LogP contribution in [0.4, 0.5) is 0 Å². The van der Waals surface area contributed by atoms with Gasteiger partial charge in [-0.2, -0.15) is 0 Å². The summed E-state index contributed by atoms with van der Waals surface area (Å²) in [4.78, 5) is 10.9. The number of benzene rings is 1. The molecule has 1 amide bonds. The number of rotatable bonds is 1. The molecule has 0 radical (unpaired) electrons. The lowest BCUT2D eigenvalue weighted by Crippen LogP contribution is -2.18. The Morgan fingerprint density at radius 3 is 2.23 bits per heavy atom. The van der Waals surface area contributed by atoms with Crippen molar-refractivity contribution in [2.24, 2.45) is 0 Å². The van der Waals surface area contributed by atoms with Crippen LogP contribution in [0.2, 0.25) is 10.0 Å². The predicted molar refractivity (Wildman–Crippen MR) is 53.4 cm³/mol. The maximum atomic E-state index is 10.9. The minimum Gasteiger partial charge on any atom is -0.288 e. The van der Waals surface area contributed by atoms with Crippen molar-refractivity contribution in [3.8, 4) is 0 Å². The zero-order valence-electron chi connectivity index (χ0n) is 6.14. The van der Waals surface area contributed by atoms with Crippen LogP contribution in [-0.2, 0) is 0 Å². The lowest BCUT2D eigenvalue weighted by molar-refractivity contribution is 0.0706. The molecule has 0 aromatic heterocycles. The molecule has 0 saturated carbocycles. The Kier molecular flexibility index (Phi) is 3.55. The molecule has 1 aromatic rings. The van der Waals surface area contributed by atoms with E-state index >= 15 is 0 Å². The van der Waals surface area contributed by atoms with Gasteiger partial charge in [0.15, 0.2) is 0 Å². The standard InChI is InChI=1S/C7H4BrCl2NO2/c8-6-4(9)1-3(2-5(6)10)7(12)11-13/h1-2,13H,(H,11,12). The summed E-state index contributed by atoms with van der Waals surface area (Å²) in [7, 11) is 0. The van der Waals surface area contributed by atoms with E-state index in [1.165, 1.54) is 17.6 Å². The lowest BCUT2D eigenvalue weighted by atomic mass is 10.2. The van der Waals surface area contributed by atoms with Crippen molar-refractivity contribution in [1.82, 2.24) is 5.48 Å². The Bertz CT molecular complexity index is 333. The minimum absolute atomic E-state index is 0.195. The highest BCUT2D eigenvalue weighted by Gasteiger charge is 2.10. The molecule has 0 spiro atoms. The molecule has 0 atom stereocenters. The Labute approximate surface area is 92.7 Å². The van der Waals surface area contributed by atoms with Crippen molar-refractivity contribution in [3.63, 3.8) is 0 Å². The van der Waals surface area contributed by atoms with Crippen LogP contribution in [0.15, 0.2) is 16.6 Å². The molecule has 2 N–H and O–H groups in total. The monoisotopic (exact) mass is 283 g/mol. The summed E-state index contributed by atoms with van der Waals surface area (Å²) < 4.78 is 0.519. The van der Waals surface area contributed by atoms with E-state index in [0.29, 0.717) is 14.5 Å². The molecule has 3 nitrogen and oxygen atoms in total. The fourth-order valence-electron chi connectivity index (χ4n) is 0.751. The van der Waals surface area contributed by atoms with Gasteiger partial charge in [0.25, 0.3) is 5.91 Å². The second-order valence-corrected chi connectivity index (χ2v) is 3.80. The first kappa shape index (κ1) is 10.8. The molecule has 0 aliphatic carbocycles. The second kappa shape index (κ2) is 4.28. The molecule has 13 heavy (non-hydrogen) atoms. The predicted octanol–water partition coefficient (Wildman–Crippen LogP) is 2.87. The Morgan fingerprint density at radius 1 is 1.38 bits per heavy atom. The van der Waals surface area contributed by atoms with Gasteiger partial charge in [-0.15, -0.1) is 0 Å². The topological polar surface area (TPSA) is 49.3 Å². The zero-order chi connectivity index (χ0) is 10.0. The lowest BCUT2D eigenvalue weighted by Gasteiger charge is -2.03. The third-order valence-corrected chi connectivity index (χ3v) is 3.25. The van der Waals surface area contributed by atoms with E-state index < -0.39 is 5.91 Å². The highest BCUT2D eigenvalue weighted by Crippen LogP contribution is 2.31. The molecule has 1 aromatic carbocycles. The maximum absolute atomic E-state index is 10.9. The van der Waals surface area contributed by atoms with Crippen molar-refractivity contribution in [1.29, 1.82) is 0 Å². The van der Waals surface area contributed by atoms with E-state index in [4.69, 9.17) is 28.4 Å². The fraction of sp³-hybridized carbons (Fsp3) is 0. The molecule has 6 heteroatoms. The summed E-state index contributed by atoms with van der Waals surface area (Å²) in [6, 6.07) is 2.78. The Hall–Kier alpha value is -0.290. The molecule has 0 unspecified atom stereocenters. The van der Waals surface area contributed by atoms with Gasteiger partial charge < -0.3 is 0 Å². The molecule has 0 aliphatic heterocycles. The average molecular weight is 285 g/mol. The molecule has 0 bridgehead atoms. The average Bonchev–Trinajstić information content (AvgIpc) is 2.12. The third-order valence-electron chi connectivity index (χ3n) is 1.35. The normalized spacial score (nSPS) is 9.85. The van der Waals surface area contributed by atoms with Gasteiger partial charge in [-0.25, -0.2) is 5.48 Å². The van der Waals surface area contributed by atoms with Crippen LogP contribution in [-0.4, -0.2) is 11.1 Å². The van der Waals surface area contributed by atoms with Gasteiger partial charge in [0.1, 0.15) is 0 Å². The highest BCUT2D eigenvalue weighted by molar-refractivity contribution is 9.10. The van der Waals surface area contributed by atoms with Gasteiger partial charge in [0.2, 0.25) is 0 Å². The van der Waals surface area contributed by atoms with E-state index in [2.05, 4.69) is 15.9 Å². The van der Waals surface area contributed by atoms with Gasteiger partial charge in [0.05, 0.1) is 14.5 Å². The Balaban J connectivity index is 3.20. The first-order valence-electron chi connectivity index (χ1n) is 3.15. The van der Waals surface area contributed by atoms with Crippen LogP contribution >= 0.6 is 39.1 Å². The van der Waals surface area contributed by atoms with Crippen molar-refractivity contribution in [2.75, 3.05) is 0 Å². The zero-order valence-corrected chi connectivity index (χ0v) is 9.24. The summed E-state index contributed by atoms with van der Waals surface area (Å²) in [6.45, 7) is 0. The van der Waals surface area contributed by atoms with Gasteiger partial charge in [0, 0.05) is 5.56 Å². The van der Waals surface area contributed by atoms with Crippen LogP contribution in [0.1, 0.15) is 10.4 Å². The SMILES string of the molecule is O=C(NO)c1cc(Cl)c(Br)c(Cl)c1. The van der Waals surface area contributed by atoms with Crippen LogP contribution in [0.5, 0.6) is 0 Å². The summed E-state index contributed by atoms with van der Waals surface area (Å²) >= 11 is 14.6. The number of hydrogen-bond donors (Lipinski definition) is 2. The van der Waals surface area contributed by atoms with Crippen LogP contribution in [0.25, 0.3) is 0 Å². The fourth-order valence-corrected chi connectivity index (χ4v) is 1.47. The van der Waals surface area contributed by atoms with E-state index in [9.17, 15) is 4.79 Å². The summed E-state index contributed by atoms with van der Waals surface area (Å²) in [5.74, 6) is -0.656. The number of nitrogens with one attached hydrogen (secondary N) is 1. The van der Waals surface area contributed by atoms with E-state index in [1.807, 2.05) is 0 Å². The maximum Gasteiger partial charge on any atom is 0.274 e. The van der Waals surface area contributed by atoms with Gasteiger partial charge in [-0.05, 0) is 28.1 Å². The summed E-state index contributed by atoms with van der Waals surface area (Å²) in [5.41, 5.74) is 1.68. The van der Waals surface area contributed by atoms with E-state index in [-0.39, 0.29) is 5.56 Å². The van der Waals surface area contributed by atoms with Crippen molar-refractivity contribution in [2.45, 2.75) is 0 Å². The summed E-state index contributed by atoms with van der Waals surface area (Å²) in [6.07, 6.45) is 0. The first-order valence-corrected chi connectivity index (χ1v) is 4.70. The quantitative estimate of drug-likeness (QED) is 0.473. The minimum atomic E-state index is -0.656. The number of carbonyl (C=O) groups is 1. The summed E-state index contributed by atoms with van der Waals surface area (Å²) in [5, 5.41) is 8.96. The molecule has 0 aliphatic rings. The third kappa shape index (κ3) is 2.34. The van der Waals surface area contributed by atoms with Gasteiger partial charge in [-0.1, -0.05) is 23.2 Å². The van der Waals surface area contributed by atoms with Crippen LogP contribution in [0, 0.1) is 0 Å². The molecular formula is C7H4BrCl2NO2. The van der Waals surface area contributed by atoms with Crippen molar-refractivity contribution >= 4 is 45.0 Å². The number of hydrogen-bond acceptors (Lipinski definition) is 2. The number of amides is 1. The number of hydroxylamine groups is 1. The smallest absolute Gasteiger partial charge is 0.274 e. The second-order valence-electron chi connectivity index (χ2n) is 2.19. The molecule has 70 valence electrons. The molecule has 0 fully saturated rings. The highest BCUT2D eigenvalue weighted by atomic mass is 79.9. The number of carbonyl (C=O) groups excluding carboxylic acids is 1. The molecular weight excluding hydrogens is 281 g/mol. The van der Waals surface area contributed by atoms with Crippen molar-refractivity contribution < 1.29 is 10.0 Å².